The molecule has 71 heavy (non-hydrogen) atoms. The summed E-state index contributed by atoms with van der Waals surface area (Å²) in [5.74, 6) is -0.0624. The van der Waals surface area contributed by atoms with Crippen molar-refractivity contribution in [2.24, 2.45) is 0 Å². The monoisotopic (exact) mass is 1000 g/mol. The van der Waals surface area contributed by atoms with Gasteiger partial charge in [-0.05, 0) is 57.8 Å². The summed E-state index contributed by atoms with van der Waals surface area (Å²) < 4.78 is 5.48. The third-order valence-corrected chi connectivity index (χ3v) is 15.0. The SMILES string of the molecule is CCCCCCCCCCCCCCCCCCC/C=C/C(O)C(CO)NC(=O)CCCCCCCCC/C=C\CCCCCCCCCCCCOC(=O)CCCCCCCCCCCCCCCC. The second-order valence-electron chi connectivity index (χ2n) is 22.1. The van der Waals surface area contributed by atoms with Crippen LogP contribution in [0.5, 0.6) is 0 Å². The maximum absolute atomic E-state index is 12.5. The standard InChI is InChI=1S/C65H125NO5/c1-3-5-7-9-11-13-15-17-19-20-24-27-30-33-37-41-45-49-53-57-63(68)62(61-67)66-64(69)58-54-50-46-42-38-34-31-28-25-22-21-23-26-29-32-36-40-44-48-52-56-60-71-65(70)59-55-51-47-43-39-35-18-16-14-12-10-8-6-4-2/h22,25,53,57,62-63,67-68H,3-21,23-24,26-52,54-56,58-61H2,1-2H3,(H,66,69)/b25-22-,57-53+. The first-order valence-corrected chi connectivity index (χ1v) is 32.1. The maximum Gasteiger partial charge on any atom is 0.305 e. The lowest BCUT2D eigenvalue weighted by Crippen LogP contribution is -2.45. The minimum absolute atomic E-state index is 0.0104. The molecule has 0 rings (SSSR count). The van der Waals surface area contributed by atoms with E-state index in [9.17, 15) is 19.8 Å². The van der Waals surface area contributed by atoms with Gasteiger partial charge in [-0.15, -0.1) is 0 Å². The van der Waals surface area contributed by atoms with E-state index >= 15 is 0 Å². The Labute approximate surface area is 443 Å². The first-order chi connectivity index (χ1) is 35.0. The summed E-state index contributed by atoms with van der Waals surface area (Å²) in [4.78, 5) is 24.5. The van der Waals surface area contributed by atoms with Crippen LogP contribution < -0.4 is 5.32 Å². The zero-order valence-corrected chi connectivity index (χ0v) is 48.0. The number of rotatable bonds is 60. The van der Waals surface area contributed by atoms with Crippen molar-refractivity contribution in [3.63, 3.8) is 0 Å². The van der Waals surface area contributed by atoms with Crippen molar-refractivity contribution in [3.05, 3.63) is 24.3 Å². The van der Waals surface area contributed by atoms with E-state index in [2.05, 4.69) is 31.3 Å². The molecule has 0 aliphatic carbocycles. The molecule has 6 nitrogen and oxygen atoms in total. The van der Waals surface area contributed by atoms with Crippen LogP contribution in [0.1, 0.15) is 354 Å². The Bertz CT molecular complexity index is 1110. The molecule has 0 spiro atoms. The van der Waals surface area contributed by atoms with Crippen LogP contribution in [0.25, 0.3) is 0 Å². The number of hydrogen-bond donors (Lipinski definition) is 3. The van der Waals surface area contributed by atoms with E-state index in [0.717, 1.165) is 44.9 Å². The first kappa shape index (κ1) is 69.3. The number of allylic oxidation sites excluding steroid dienone is 3. The average molecular weight is 1000 g/mol. The van der Waals surface area contributed by atoms with Crippen molar-refractivity contribution >= 4 is 11.9 Å². The molecule has 0 fully saturated rings. The van der Waals surface area contributed by atoms with E-state index in [0.29, 0.717) is 19.4 Å². The molecular weight excluding hydrogens is 875 g/mol. The Morgan fingerprint density at radius 1 is 0.380 bits per heavy atom. The van der Waals surface area contributed by atoms with Crippen molar-refractivity contribution in [1.29, 1.82) is 0 Å². The summed E-state index contributed by atoms with van der Waals surface area (Å²) in [5.41, 5.74) is 0. The van der Waals surface area contributed by atoms with Gasteiger partial charge in [-0.1, -0.05) is 308 Å². The predicted octanol–water partition coefficient (Wildman–Crippen LogP) is 20.2. The van der Waals surface area contributed by atoms with Gasteiger partial charge in [0.25, 0.3) is 0 Å². The van der Waals surface area contributed by atoms with E-state index in [1.807, 2.05) is 6.08 Å². The Hall–Kier alpha value is -1.66. The maximum atomic E-state index is 12.5. The van der Waals surface area contributed by atoms with Gasteiger partial charge in [0.1, 0.15) is 0 Å². The molecule has 6 heteroatoms. The molecule has 0 aromatic heterocycles. The molecule has 0 aromatic rings. The predicted molar refractivity (Wildman–Crippen MR) is 310 cm³/mol. The highest BCUT2D eigenvalue weighted by Crippen LogP contribution is 2.18. The number of amides is 1. The molecule has 0 aliphatic rings. The average Bonchev–Trinajstić information content (AvgIpc) is 3.37. The summed E-state index contributed by atoms with van der Waals surface area (Å²) in [6.07, 6.45) is 75.1. The summed E-state index contributed by atoms with van der Waals surface area (Å²) >= 11 is 0. The van der Waals surface area contributed by atoms with E-state index in [1.165, 1.54) is 283 Å². The van der Waals surface area contributed by atoms with Crippen LogP contribution in [0.15, 0.2) is 24.3 Å². The molecule has 2 atom stereocenters. The van der Waals surface area contributed by atoms with Crippen molar-refractivity contribution < 1.29 is 24.5 Å². The number of esters is 1. The molecule has 0 aliphatic heterocycles. The topological polar surface area (TPSA) is 95.9 Å². The fraction of sp³-hybridized carbons (Fsp3) is 0.908. The van der Waals surface area contributed by atoms with Crippen LogP contribution in [0.2, 0.25) is 0 Å². The van der Waals surface area contributed by atoms with Gasteiger partial charge >= 0.3 is 5.97 Å². The second-order valence-corrected chi connectivity index (χ2v) is 22.1. The van der Waals surface area contributed by atoms with Gasteiger partial charge in [0.15, 0.2) is 0 Å². The summed E-state index contributed by atoms with van der Waals surface area (Å²) in [6.45, 7) is 4.93. The molecule has 0 radical (unpaired) electrons. The quantitative estimate of drug-likeness (QED) is 0.0320. The first-order valence-electron chi connectivity index (χ1n) is 32.1. The van der Waals surface area contributed by atoms with Gasteiger partial charge in [0.05, 0.1) is 25.4 Å². The zero-order chi connectivity index (χ0) is 51.4. The lowest BCUT2D eigenvalue weighted by Gasteiger charge is -2.20. The van der Waals surface area contributed by atoms with Gasteiger partial charge in [-0.2, -0.15) is 0 Å². The Morgan fingerprint density at radius 3 is 1.00 bits per heavy atom. The molecule has 2 unspecified atom stereocenters. The molecule has 0 saturated carbocycles. The van der Waals surface area contributed by atoms with E-state index in [4.69, 9.17) is 4.74 Å². The highest BCUT2D eigenvalue weighted by Gasteiger charge is 2.18. The van der Waals surface area contributed by atoms with Gasteiger partial charge in [0.2, 0.25) is 5.91 Å². The molecule has 0 aromatic carbocycles. The third-order valence-electron chi connectivity index (χ3n) is 15.0. The molecule has 0 heterocycles. The van der Waals surface area contributed by atoms with E-state index in [-0.39, 0.29) is 18.5 Å². The van der Waals surface area contributed by atoms with Gasteiger partial charge in [-0.25, -0.2) is 0 Å². The van der Waals surface area contributed by atoms with Gasteiger partial charge in [-0.3, -0.25) is 9.59 Å². The number of ether oxygens (including phenoxy) is 1. The molecule has 420 valence electrons. The Morgan fingerprint density at radius 2 is 0.662 bits per heavy atom. The van der Waals surface area contributed by atoms with Gasteiger partial charge < -0.3 is 20.3 Å². The molecule has 0 bridgehead atoms. The highest BCUT2D eigenvalue weighted by molar-refractivity contribution is 5.76. The fourth-order valence-corrected chi connectivity index (χ4v) is 10.0. The third kappa shape index (κ3) is 57.5. The van der Waals surface area contributed by atoms with Crippen molar-refractivity contribution in [2.75, 3.05) is 13.2 Å². The van der Waals surface area contributed by atoms with Crippen LogP contribution in [0.4, 0.5) is 0 Å². The van der Waals surface area contributed by atoms with Crippen LogP contribution in [0, 0.1) is 0 Å². The second kappa shape index (κ2) is 60.9. The fourth-order valence-electron chi connectivity index (χ4n) is 10.0. The minimum atomic E-state index is -0.850. The van der Waals surface area contributed by atoms with E-state index in [1.54, 1.807) is 6.08 Å². The minimum Gasteiger partial charge on any atom is -0.466 e. The number of nitrogens with one attached hydrogen (secondary N) is 1. The number of aliphatic hydroxyl groups excluding tert-OH is 2. The number of unbranched alkanes of at least 4 members (excludes halogenated alkanes) is 47. The number of carbonyl (C=O) groups is 2. The lowest BCUT2D eigenvalue weighted by molar-refractivity contribution is -0.143. The normalized spacial score (nSPS) is 12.7. The highest BCUT2D eigenvalue weighted by atomic mass is 16.5. The lowest BCUT2D eigenvalue weighted by atomic mass is 10.0. The van der Waals surface area contributed by atoms with Crippen molar-refractivity contribution in [2.45, 2.75) is 366 Å². The molecule has 3 N–H and O–H groups in total. The van der Waals surface area contributed by atoms with Crippen molar-refractivity contribution in [1.82, 2.24) is 5.32 Å². The van der Waals surface area contributed by atoms with E-state index < -0.39 is 12.1 Å². The summed E-state index contributed by atoms with van der Waals surface area (Å²) in [7, 11) is 0. The summed E-state index contributed by atoms with van der Waals surface area (Å²) in [6, 6.07) is -0.634. The molecule has 0 saturated heterocycles. The number of hydrogen-bond acceptors (Lipinski definition) is 5. The van der Waals surface area contributed by atoms with Crippen LogP contribution in [0.3, 0.4) is 0 Å². The molecular formula is C65H125NO5. The molecule has 1 amide bonds. The Balaban J connectivity index is 3.45. The van der Waals surface area contributed by atoms with Crippen molar-refractivity contribution in [3.8, 4) is 0 Å². The van der Waals surface area contributed by atoms with Crippen LogP contribution in [-0.4, -0.2) is 47.4 Å². The smallest absolute Gasteiger partial charge is 0.305 e. The van der Waals surface area contributed by atoms with Crippen LogP contribution in [-0.2, 0) is 14.3 Å². The Kier molecular flexibility index (Phi) is 59.5. The largest absolute Gasteiger partial charge is 0.466 e. The number of aliphatic hydroxyl groups is 2. The number of carbonyl (C=O) groups excluding carboxylic acids is 2. The summed E-state index contributed by atoms with van der Waals surface area (Å²) in [5, 5.41) is 23.2. The van der Waals surface area contributed by atoms with Gasteiger partial charge in [0, 0.05) is 12.8 Å². The van der Waals surface area contributed by atoms with Crippen LogP contribution >= 0.6 is 0 Å². The zero-order valence-electron chi connectivity index (χ0n) is 48.0.